The Labute approximate surface area is 188 Å². The topological polar surface area (TPSA) is 29.5 Å². The number of benzene rings is 3. The molecule has 1 heterocycles. The van der Waals surface area contributed by atoms with E-state index in [4.69, 9.17) is 16.3 Å². The van der Waals surface area contributed by atoms with Crippen LogP contribution in [0.5, 0.6) is 5.75 Å². The van der Waals surface area contributed by atoms with Crippen LogP contribution in [-0.4, -0.2) is 13.0 Å². The molecule has 1 atom stereocenters. The predicted octanol–water partition coefficient (Wildman–Crippen LogP) is 6.78. The molecule has 0 unspecified atom stereocenters. The lowest BCUT2D eigenvalue weighted by Crippen LogP contribution is -2.64. The summed E-state index contributed by atoms with van der Waals surface area (Å²) in [4.78, 5) is 15.6. The highest BCUT2D eigenvalue weighted by Crippen LogP contribution is 2.60. The second-order valence-electron chi connectivity index (χ2n) is 8.67. The van der Waals surface area contributed by atoms with Crippen molar-refractivity contribution in [2.24, 2.45) is 5.41 Å². The third kappa shape index (κ3) is 3.41. The standard InChI is InChI=1S/C27H26ClNO2/c1-31-24-13-9-21(10-14-24)25-27(26(30)29(25)23-5-3-2-4-6-23)17-15-20(16-18-27)19-7-11-22(28)12-8-19/h2-14,20,25H,15-18H2,1H3/t20?,25-,27?/m1/s1. The van der Waals surface area contributed by atoms with Crippen molar-refractivity contribution in [3.8, 4) is 5.75 Å². The number of ether oxygens (including phenoxy) is 1. The number of rotatable bonds is 4. The molecule has 0 aromatic heterocycles. The van der Waals surface area contributed by atoms with Gasteiger partial charge >= 0.3 is 0 Å². The average molecular weight is 432 g/mol. The van der Waals surface area contributed by atoms with Gasteiger partial charge in [0.1, 0.15) is 5.75 Å². The maximum Gasteiger partial charge on any atom is 0.236 e. The van der Waals surface area contributed by atoms with Crippen LogP contribution >= 0.6 is 11.6 Å². The van der Waals surface area contributed by atoms with Gasteiger partial charge in [0.15, 0.2) is 0 Å². The first-order chi connectivity index (χ1) is 15.1. The summed E-state index contributed by atoms with van der Waals surface area (Å²) >= 11 is 6.07. The van der Waals surface area contributed by atoms with Gasteiger partial charge in [-0.25, -0.2) is 0 Å². The van der Waals surface area contributed by atoms with Crippen LogP contribution in [0.2, 0.25) is 5.02 Å². The molecule has 0 N–H and O–H groups in total. The van der Waals surface area contributed by atoms with Gasteiger partial charge in [0, 0.05) is 10.7 Å². The summed E-state index contributed by atoms with van der Waals surface area (Å²) < 4.78 is 5.35. The van der Waals surface area contributed by atoms with E-state index in [1.165, 1.54) is 11.1 Å². The molecule has 3 nitrogen and oxygen atoms in total. The summed E-state index contributed by atoms with van der Waals surface area (Å²) in [6.45, 7) is 0. The van der Waals surface area contributed by atoms with Gasteiger partial charge in [0.2, 0.25) is 5.91 Å². The maximum atomic E-state index is 13.6. The van der Waals surface area contributed by atoms with Crippen LogP contribution in [0, 0.1) is 5.41 Å². The van der Waals surface area contributed by atoms with Crippen LogP contribution in [0.15, 0.2) is 78.9 Å². The number of hydrogen-bond acceptors (Lipinski definition) is 2. The molecular weight excluding hydrogens is 406 g/mol. The van der Waals surface area contributed by atoms with Crippen LogP contribution in [-0.2, 0) is 4.79 Å². The molecule has 1 spiro atoms. The normalized spacial score (nSPS) is 25.4. The largest absolute Gasteiger partial charge is 0.497 e. The molecule has 1 saturated heterocycles. The van der Waals surface area contributed by atoms with E-state index in [1.807, 2.05) is 59.5 Å². The zero-order valence-electron chi connectivity index (χ0n) is 17.6. The number of β-lactam (4-membered cyclic amide) rings is 1. The highest BCUT2D eigenvalue weighted by molar-refractivity contribution is 6.30. The van der Waals surface area contributed by atoms with Crippen LogP contribution in [0.4, 0.5) is 5.69 Å². The van der Waals surface area contributed by atoms with Gasteiger partial charge in [-0.15, -0.1) is 0 Å². The molecule has 4 heteroatoms. The summed E-state index contributed by atoms with van der Waals surface area (Å²) in [6.07, 6.45) is 3.84. The molecular formula is C27H26ClNO2. The van der Waals surface area contributed by atoms with Crippen molar-refractivity contribution in [2.75, 3.05) is 12.0 Å². The Kier molecular flexibility index (Phi) is 5.23. The zero-order chi connectivity index (χ0) is 21.4. The quantitative estimate of drug-likeness (QED) is 0.426. The SMILES string of the molecule is COc1ccc([C@H]2N(c3ccccc3)C(=O)C23CCC(c2ccc(Cl)cc2)CC3)cc1. The number of nitrogens with zero attached hydrogens (tertiary/aromatic N) is 1. The molecule has 2 fully saturated rings. The molecule has 31 heavy (non-hydrogen) atoms. The van der Waals surface area contributed by atoms with Crippen molar-refractivity contribution in [3.05, 3.63) is 95.0 Å². The van der Waals surface area contributed by atoms with Crippen LogP contribution in [0.1, 0.15) is 48.8 Å². The van der Waals surface area contributed by atoms with E-state index in [-0.39, 0.29) is 17.4 Å². The van der Waals surface area contributed by atoms with Crippen LogP contribution in [0.25, 0.3) is 0 Å². The van der Waals surface area contributed by atoms with E-state index < -0.39 is 0 Å². The van der Waals surface area contributed by atoms with Gasteiger partial charge in [-0.05, 0) is 79.1 Å². The number of anilines is 1. The number of amides is 1. The second-order valence-corrected chi connectivity index (χ2v) is 9.10. The predicted molar refractivity (Wildman–Crippen MR) is 125 cm³/mol. The molecule has 3 aromatic carbocycles. The Morgan fingerprint density at radius 1 is 0.871 bits per heavy atom. The minimum Gasteiger partial charge on any atom is -0.497 e. The number of halogens is 1. The maximum absolute atomic E-state index is 13.6. The Morgan fingerprint density at radius 3 is 2.10 bits per heavy atom. The molecule has 1 amide bonds. The van der Waals surface area contributed by atoms with Gasteiger partial charge in [0.25, 0.3) is 0 Å². The first-order valence-corrected chi connectivity index (χ1v) is 11.3. The fourth-order valence-corrected chi connectivity index (χ4v) is 5.58. The lowest BCUT2D eigenvalue weighted by molar-refractivity contribution is -0.143. The number of carbonyl (C=O) groups is 1. The number of hydrogen-bond donors (Lipinski definition) is 0. The van der Waals surface area contributed by atoms with E-state index in [2.05, 4.69) is 24.3 Å². The Balaban J connectivity index is 1.45. The highest BCUT2D eigenvalue weighted by atomic mass is 35.5. The zero-order valence-corrected chi connectivity index (χ0v) is 18.4. The summed E-state index contributed by atoms with van der Waals surface area (Å²) in [6, 6.07) is 26.5. The van der Waals surface area contributed by atoms with E-state index in [1.54, 1.807) is 7.11 Å². The second kappa shape index (κ2) is 8.05. The molecule has 2 aliphatic rings. The fraction of sp³-hybridized carbons (Fsp3) is 0.296. The first kappa shape index (κ1) is 20.1. The molecule has 5 rings (SSSR count). The first-order valence-electron chi connectivity index (χ1n) is 10.9. The van der Waals surface area contributed by atoms with Crippen LogP contribution < -0.4 is 9.64 Å². The Morgan fingerprint density at radius 2 is 1.48 bits per heavy atom. The summed E-state index contributed by atoms with van der Waals surface area (Å²) in [7, 11) is 1.68. The van der Waals surface area contributed by atoms with Crippen molar-refractivity contribution in [3.63, 3.8) is 0 Å². The smallest absolute Gasteiger partial charge is 0.236 e. The fourth-order valence-electron chi connectivity index (χ4n) is 5.45. The minimum atomic E-state index is -0.326. The number of methoxy groups -OCH3 is 1. The van der Waals surface area contributed by atoms with Crippen molar-refractivity contribution >= 4 is 23.2 Å². The van der Waals surface area contributed by atoms with Crippen molar-refractivity contribution in [2.45, 2.75) is 37.6 Å². The van der Waals surface area contributed by atoms with Gasteiger partial charge in [0.05, 0.1) is 18.6 Å². The van der Waals surface area contributed by atoms with E-state index in [0.717, 1.165) is 42.1 Å². The average Bonchev–Trinajstić information content (AvgIpc) is 2.83. The van der Waals surface area contributed by atoms with E-state index >= 15 is 0 Å². The third-order valence-electron chi connectivity index (χ3n) is 7.11. The van der Waals surface area contributed by atoms with Crippen molar-refractivity contribution in [1.29, 1.82) is 0 Å². The van der Waals surface area contributed by atoms with Gasteiger partial charge in [-0.2, -0.15) is 0 Å². The van der Waals surface area contributed by atoms with Crippen LogP contribution in [0.3, 0.4) is 0 Å². The van der Waals surface area contributed by atoms with E-state index in [9.17, 15) is 4.79 Å². The van der Waals surface area contributed by atoms with Gasteiger partial charge in [-0.3, -0.25) is 4.79 Å². The molecule has 158 valence electrons. The highest BCUT2D eigenvalue weighted by Gasteiger charge is 2.61. The lowest BCUT2D eigenvalue weighted by Gasteiger charge is -2.58. The summed E-state index contributed by atoms with van der Waals surface area (Å²) in [5, 5.41) is 0.767. The molecule has 1 aliphatic heterocycles. The lowest BCUT2D eigenvalue weighted by atomic mass is 9.58. The van der Waals surface area contributed by atoms with Crippen molar-refractivity contribution in [1.82, 2.24) is 0 Å². The minimum absolute atomic E-state index is 0.0551. The van der Waals surface area contributed by atoms with Gasteiger partial charge in [-0.1, -0.05) is 54.1 Å². The monoisotopic (exact) mass is 431 g/mol. The molecule has 1 saturated carbocycles. The summed E-state index contributed by atoms with van der Waals surface area (Å²) in [5.74, 6) is 1.58. The third-order valence-corrected chi connectivity index (χ3v) is 7.36. The Bertz CT molecular complexity index is 1050. The van der Waals surface area contributed by atoms with Crippen molar-refractivity contribution < 1.29 is 9.53 Å². The molecule has 0 radical (unpaired) electrons. The molecule has 3 aromatic rings. The Hall–Kier alpha value is -2.78. The molecule has 0 bridgehead atoms. The summed E-state index contributed by atoms with van der Waals surface area (Å²) in [5.41, 5.74) is 3.15. The molecule has 1 aliphatic carbocycles. The number of carbonyl (C=O) groups excluding carboxylic acids is 1. The van der Waals surface area contributed by atoms with E-state index in [0.29, 0.717) is 5.92 Å². The van der Waals surface area contributed by atoms with Gasteiger partial charge < -0.3 is 9.64 Å². The number of para-hydroxylation sites is 1.